The number of methoxy groups -OCH3 is 1. The van der Waals surface area contributed by atoms with E-state index < -0.39 is 0 Å². The third-order valence-electron chi connectivity index (χ3n) is 3.63. The van der Waals surface area contributed by atoms with E-state index in [4.69, 9.17) is 4.74 Å². The third kappa shape index (κ3) is 4.39. The number of halogens is 1. The van der Waals surface area contributed by atoms with Gasteiger partial charge < -0.3 is 15.4 Å². The molecular formula is C15H23BrN2O. The van der Waals surface area contributed by atoms with Crippen LogP contribution in [0, 0.1) is 0 Å². The Hall–Kier alpha value is -0.740. The molecule has 0 aliphatic carbocycles. The molecule has 1 aromatic carbocycles. The molecule has 106 valence electrons. The van der Waals surface area contributed by atoms with Gasteiger partial charge in [0, 0.05) is 22.6 Å². The standard InChI is InChI=1S/C15H23BrN2O/c1-11(9-12-5-3-4-8-17-12)18-15-10-13(19-2)6-7-14(15)16/h6-7,10-12,17-18H,3-5,8-9H2,1-2H3. The van der Waals surface area contributed by atoms with Crippen LogP contribution in [0.15, 0.2) is 22.7 Å². The molecule has 0 saturated carbocycles. The molecule has 3 nitrogen and oxygen atoms in total. The molecule has 0 aromatic heterocycles. The molecule has 0 amide bonds. The fraction of sp³-hybridized carbons (Fsp3) is 0.600. The lowest BCUT2D eigenvalue weighted by atomic mass is 9.98. The van der Waals surface area contributed by atoms with Crippen molar-refractivity contribution in [2.75, 3.05) is 19.0 Å². The van der Waals surface area contributed by atoms with Crippen LogP contribution in [0.1, 0.15) is 32.6 Å². The van der Waals surface area contributed by atoms with Crippen LogP contribution in [0.4, 0.5) is 5.69 Å². The second kappa shape index (κ2) is 7.15. The Morgan fingerprint density at radius 2 is 2.32 bits per heavy atom. The number of hydrogen-bond acceptors (Lipinski definition) is 3. The Balaban J connectivity index is 1.92. The minimum atomic E-state index is 0.444. The number of benzene rings is 1. The molecule has 0 radical (unpaired) electrons. The number of rotatable bonds is 5. The van der Waals surface area contributed by atoms with E-state index in [1.54, 1.807) is 7.11 Å². The Morgan fingerprint density at radius 3 is 3.00 bits per heavy atom. The molecule has 1 aliphatic heterocycles. The van der Waals surface area contributed by atoms with Crippen LogP contribution in [0.3, 0.4) is 0 Å². The van der Waals surface area contributed by atoms with Crippen molar-refractivity contribution in [1.29, 1.82) is 0 Å². The molecule has 1 fully saturated rings. The third-order valence-corrected chi connectivity index (χ3v) is 4.32. The summed E-state index contributed by atoms with van der Waals surface area (Å²) in [4.78, 5) is 0. The van der Waals surface area contributed by atoms with Crippen molar-refractivity contribution in [1.82, 2.24) is 5.32 Å². The molecule has 1 saturated heterocycles. The van der Waals surface area contributed by atoms with Gasteiger partial charge >= 0.3 is 0 Å². The summed E-state index contributed by atoms with van der Waals surface area (Å²) in [7, 11) is 1.70. The molecule has 0 bridgehead atoms. The van der Waals surface area contributed by atoms with Gasteiger partial charge in [0.2, 0.25) is 0 Å². The minimum Gasteiger partial charge on any atom is -0.497 e. The Kier molecular flexibility index (Phi) is 5.52. The maximum absolute atomic E-state index is 5.27. The lowest BCUT2D eigenvalue weighted by Crippen LogP contribution is -2.37. The average molecular weight is 327 g/mol. The van der Waals surface area contributed by atoms with Gasteiger partial charge in [-0.3, -0.25) is 0 Å². The maximum atomic E-state index is 5.27. The fourth-order valence-corrected chi connectivity index (χ4v) is 2.98. The minimum absolute atomic E-state index is 0.444. The van der Waals surface area contributed by atoms with E-state index in [0.29, 0.717) is 12.1 Å². The van der Waals surface area contributed by atoms with E-state index in [0.717, 1.165) is 22.3 Å². The Bertz CT molecular complexity index is 405. The van der Waals surface area contributed by atoms with Gasteiger partial charge in [0.25, 0.3) is 0 Å². The smallest absolute Gasteiger partial charge is 0.121 e. The predicted molar refractivity (Wildman–Crippen MR) is 84.0 cm³/mol. The molecule has 0 spiro atoms. The summed E-state index contributed by atoms with van der Waals surface area (Å²) >= 11 is 3.58. The summed E-state index contributed by atoms with van der Waals surface area (Å²) in [6.07, 6.45) is 5.13. The Morgan fingerprint density at radius 1 is 1.47 bits per heavy atom. The van der Waals surface area contributed by atoms with Crippen molar-refractivity contribution in [2.45, 2.75) is 44.7 Å². The first-order valence-corrected chi connectivity index (χ1v) is 7.82. The van der Waals surface area contributed by atoms with Crippen molar-refractivity contribution in [3.8, 4) is 5.75 Å². The largest absolute Gasteiger partial charge is 0.497 e. The van der Waals surface area contributed by atoms with Crippen LogP contribution in [0.5, 0.6) is 5.75 Å². The van der Waals surface area contributed by atoms with Gasteiger partial charge in [-0.25, -0.2) is 0 Å². The molecule has 2 unspecified atom stereocenters. The second-order valence-electron chi connectivity index (χ2n) is 5.27. The molecule has 1 heterocycles. The highest BCUT2D eigenvalue weighted by atomic mass is 79.9. The molecule has 2 rings (SSSR count). The van der Waals surface area contributed by atoms with Crippen LogP contribution in [-0.4, -0.2) is 25.7 Å². The predicted octanol–water partition coefficient (Wildman–Crippen LogP) is 3.79. The van der Waals surface area contributed by atoms with E-state index in [9.17, 15) is 0 Å². The zero-order valence-electron chi connectivity index (χ0n) is 11.7. The van der Waals surface area contributed by atoms with Gasteiger partial charge in [0.1, 0.15) is 5.75 Å². The number of nitrogens with one attached hydrogen (secondary N) is 2. The summed E-state index contributed by atoms with van der Waals surface area (Å²) in [5.74, 6) is 0.883. The molecule has 1 aliphatic rings. The van der Waals surface area contributed by atoms with E-state index in [-0.39, 0.29) is 0 Å². The first-order valence-electron chi connectivity index (χ1n) is 7.02. The van der Waals surface area contributed by atoms with Crippen LogP contribution in [-0.2, 0) is 0 Å². The summed E-state index contributed by atoms with van der Waals surface area (Å²) in [6, 6.07) is 7.11. The normalized spacial score (nSPS) is 20.9. The highest BCUT2D eigenvalue weighted by Crippen LogP contribution is 2.28. The van der Waals surface area contributed by atoms with Crippen molar-refractivity contribution >= 4 is 21.6 Å². The first kappa shape index (κ1) is 14.7. The zero-order valence-corrected chi connectivity index (χ0v) is 13.3. The van der Waals surface area contributed by atoms with Gasteiger partial charge in [-0.1, -0.05) is 6.42 Å². The van der Waals surface area contributed by atoms with E-state index in [1.807, 2.05) is 18.2 Å². The Labute approximate surface area is 124 Å². The molecule has 19 heavy (non-hydrogen) atoms. The van der Waals surface area contributed by atoms with Crippen molar-refractivity contribution in [3.05, 3.63) is 22.7 Å². The fourth-order valence-electron chi connectivity index (χ4n) is 2.62. The van der Waals surface area contributed by atoms with Gasteiger partial charge in [-0.15, -0.1) is 0 Å². The van der Waals surface area contributed by atoms with Gasteiger partial charge in [-0.05, 0) is 60.8 Å². The number of anilines is 1. The lowest BCUT2D eigenvalue weighted by Gasteiger charge is -2.27. The monoisotopic (exact) mass is 326 g/mol. The van der Waals surface area contributed by atoms with Crippen LogP contribution in [0.2, 0.25) is 0 Å². The molecule has 2 N–H and O–H groups in total. The summed E-state index contributed by atoms with van der Waals surface area (Å²) < 4.78 is 6.35. The number of hydrogen-bond donors (Lipinski definition) is 2. The second-order valence-corrected chi connectivity index (χ2v) is 6.13. The van der Waals surface area contributed by atoms with E-state index in [1.165, 1.54) is 25.8 Å². The summed E-state index contributed by atoms with van der Waals surface area (Å²) in [5, 5.41) is 7.16. The topological polar surface area (TPSA) is 33.3 Å². The van der Waals surface area contributed by atoms with Crippen LogP contribution in [0.25, 0.3) is 0 Å². The molecule has 2 atom stereocenters. The van der Waals surface area contributed by atoms with Gasteiger partial charge in [0.15, 0.2) is 0 Å². The summed E-state index contributed by atoms with van der Waals surface area (Å²) in [6.45, 7) is 3.41. The number of ether oxygens (including phenoxy) is 1. The quantitative estimate of drug-likeness (QED) is 0.863. The lowest BCUT2D eigenvalue weighted by molar-refractivity contribution is 0.371. The van der Waals surface area contributed by atoms with E-state index in [2.05, 4.69) is 33.5 Å². The first-order chi connectivity index (χ1) is 9.19. The van der Waals surface area contributed by atoms with Crippen molar-refractivity contribution in [3.63, 3.8) is 0 Å². The summed E-state index contributed by atoms with van der Waals surface area (Å²) in [5.41, 5.74) is 1.10. The average Bonchev–Trinajstić information content (AvgIpc) is 2.42. The van der Waals surface area contributed by atoms with E-state index >= 15 is 0 Å². The van der Waals surface area contributed by atoms with Crippen molar-refractivity contribution < 1.29 is 4.74 Å². The highest BCUT2D eigenvalue weighted by molar-refractivity contribution is 9.10. The van der Waals surface area contributed by atoms with Crippen molar-refractivity contribution in [2.24, 2.45) is 0 Å². The van der Waals surface area contributed by atoms with Crippen LogP contribution >= 0.6 is 15.9 Å². The highest BCUT2D eigenvalue weighted by Gasteiger charge is 2.16. The molecule has 4 heteroatoms. The molecular weight excluding hydrogens is 304 g/mol. The van der Waals surface area contributed by atoms with Crippen LogP contribution < -0.4 is 15.4 Å². The number of piperidine rings is 1. The maximum Gasteiger partial charge on any atom is 0.121 e. The SMILES string of the molecule is COc1ccc(Br)c(NC(C)CC2CCCCN2)c1. The zero-order chi connectivity index (χ0) is 13.7. The molecule has 1 aromatic rings. The van der Waals surface area contributed by atoms with Gasteiger partial charge in [-0.2, -0.15) is 0 Å². The van der Waals surface area contributed by atoms with Gasteiger partial charge in [0.05, 0.1) is 12.8 Å².